The fraction of sp³-hybridized carbons (Fsp3) is 0.250. The van der Waals surface area contributed by atoms with E-state index in [0.717, 1.165) is 0 Å². The van der Waals surface area contributed by atoms with Crippen molar-refractivity contribution in [3.8, 4) is 17.3 Å². The van der Waals surface area contributed by atoms with Gasteiger partial charge in [-0.3, -0.25) is 0 Å². The van der Waals surface area contributed by atoms with Gasteiger partial charge in [0.2, 0.25) is 0 Å². The van der Waals surface area contributed by atoms with E-state index in [9.17, 15) is 17.6 Å². The molecule has 9 heteroatoms. The Bertz CT molecular complexity index is 1030. The lowest BCUT2D eigenvalue weighted by molar-refractivity contribution is -0.146. The molecule has 0 atom stereocenters. The number of nitriles is 1. The fourth-order valence-electron chi connectivity index (χ4n) is 2.75. The molecule has 0 radical (unpaired) electrons. The fourth-order valence-corrected chi connectivity index (χ4v) is 2.75. The Kier molecular flexibility index (Phi) is 3.09. The van der Waals surface area contributed by atoms with Crippen molar-refractivity contribution in [3.05, 3.63) is 47.5 Å². The molecule has 0 unspecified atom stereocenters. The number of benzene rings is 1. The average Bonchev–Trinajstić information content (AvgIpc) is 3.24. The summed E-state index contributed by atoms with van der Waals surface area (Å²) in [5, 5.41) is 19.6. The highest BCUT2D eigenvalue weighted by Crippen LogP contribution is 2.48. The molecule has 2 heterocycles. The summed E-state index contributed by atoms with van der Waals surface area (Å²) in [5.74, 6) is -1.82. The zero-order chi connectivity index (χ0) is 17.8. The van der Waals surface area contributed by atoms with Gasteiger partial charge in [0.25, 0.3) is 5.82 Å². The topological polar surface area (TPSA) is 66.9 Å². The van der Waals surface area contributed by atoms with Gasteiger partial charge in [-0.2, -0.15) is 28.0 Å². The van der Waals surface area contributed by atoms with Gasteiger partial charge in [0.15, 0.2) is 5.65 Å². The molecule has 5 nitrogen and oxygen atoms in total. The molecule has 126 valence electrons. The van der Waals surface area contributed by atoms with E-state index >= 15 is 0 Å². The van der Waals surface area contributed by atoms with Gasteiger partial charge in [-0.25, -0.2) is 4.39 Å². The van der Waals surface area contributed by atoms with E-state index in [-0.39, 0.29) is 11.3 Å². The third-order valence-corrected chi connectivity index (χ3v) is 4.26. The minimum Gasteiger partial charge on any atom is -0.207 e. The molecule has 1 aliphatic rings. The van der Waals surface area contributed by atoms with Crippen molar-refractivity contribution in [2.45, 2.75) is 24.4 Å². The maximum Gasteiger partial charge on any atom is 0.453 e. The van der Waals surface area contributed by atoms with Crippen LogP contribution in [0.25, 0.3) is 16.9 Å². The van der Waals surface area contributed by atoms with Crippen LogP contribution >= 0.6 is 0 Å². The van der Waals surface area contributed by atoms with Crippen LogP contribution in [0.15, 0.2) is 30.3 Å². The second kappa shape index (κ2) is 4.99. The van der Waals surface area contributed by atoms with Crippen LogP contribution in [-0.4, -0.2) is 19.8 Å². The number of fused-ring (bicyclic) bond motifs is 1. The van der Waals surface area contributed by atoms with Crippen LogP contribution in [0.5, 0.6) is 0 Å². The smallest absolute Gasteiger partial charge is 0.207 e. The highest BCUT2D eigenvalue weighted by atomic mass is 19.4. The lowest BCUT2D eigenvalue weighted by atomic mass is 9.95. The quantitative estimate of drug-likeness (QED) is 0.666. The summed E-state index contributed by atoms with van der Waals surface area (Å²) >= 11 is 0. The first-order chi connectivity index (χ1) is 11.8. The van der Waals surface area contributed by atoms with Crippen LogP contribution in [0.1, 0.15) is 24.2 Å². The molecule has 0 bridgehead atoms. The van der Waals surface area contributed by atoms with E-state index in [4.69, 9.17) is 5.26 Å². The molecular weight excluding hydrogens is 338 g/mol. The zero-order valence-corrected chi connectivity index (χ0v) is 12.5. The second-order valence-electron chi connectivity index (χ2n) is 5.90. The van der Waals surface area contributed by atoms with Gasteiger partial charge in [0.05, 0.1) is 17.2 Å². The van der Waals surface area contributed by atoms with Crippen molar-refractivity contribution >= 4 is 5.65 Å². The number of aromatic nitrogens is 4. The first-order valence-electron chi connectivity index (χ1n) is 7.35. The molecule has 0 N–H and O–H groups in total. The lowest BCUT2D eigenvalue weighted by Crippen LogP contribution is -2.12. The minimum atomic E-state index is -4.70. The Balaban J connectivity index is 1.80. The Morgan fingerprint density at radius 1 is 1.12 bits per heavy atom. The molecule has 1 fully saturated rings. The van der Waals surface area contributed by atoms with Gasteiger partial charge >= 0.3 is 6.18 Å². The summed E-state index contributed by atoms with van der Waals surface area (Å²) in [4.78, 5) is 0. The molecular formula is C16H9F4N5. The van der Waals surface area contributed by atoms with Crippen LogP contribution in [0.3, 0.4) is 0 Å². The summed E-state index contributed by atoms with van der Waals surface area (Å²) in [6.45, 7) is 0. The molecule has 2 aromatic heterocycles. The third kappa shape index (κ3) is 2.41. The summed E-state index contributed by atoms with van der Waals surface area (Å²) in [5.41, 5.74) is -0.0870. The van der Waals surface area contributed by atoms with E-state index < -0.39 is 23.2 Å². The average molecular weight is 347 g/mol. The van der Waals surface area contributed by atoms with Crippen molar-refractivity contribution in [1.29, 1.82) is 5.26 Å². The highest BCUT2D eigenvalue weighted by molar-refractivity contribution is 5.62. The molecule has 3 aromatic rings. The molecule has 25 heavy (non-hydrogen) atoms. The third-order valence-electron chi connectivity index (χ3n) is 4.26. The minimum absolute atomic E-state index is 0.0606. The Hall–Kier alpha value is -3.02. The van der Waals surface area contributed by atoms with E-state index in [2.05, 4.69) is 21.4 Å². The number of rotatable bonds is 2. The zero-order valence-electron chi connectivity index (χ0n) is 12.5. The van der Waals surface area contributed by atoms with Gasteiger partial charge in [-0.05, 0) is 31.0 Å². The Labute approximate surface area is 138 Å². The van der Waals surface area contributed by atoms with Crippen molar-refractivity contribution < 1.29 is 17.6 Å². The SMILES string of the molecule is N#CC1(c2ccc(-c3ccc4nnc(C(F)(F)F)n4n3)cc2F)CC1. The molecule has 1 aliphatic carbocycles. The van der Waals surface area contributed by atoms with Crippen LogP contribution < -0.4 is 0 Å². The summed E-state index contributed by atoms with van der Waals surface area (Å²) in [6.07, 6.45) is -3.51. The summed E-state index contributed by atoms with van der Waals surface area (Å²) in [7, 11) is 0. The van der Waals surface area contributed by atoms with Crippen LogP contribution in [-0.2, 0) is 11.6 Å². The first-order valence-corrected chi connectivity index (χ1v) is 7.35. The number of nitrogens with zero attached hydrogens (tertiary/aromatic N) is 5. The number of hydrogen-bond donors (Lipinski definition) is 0. The normalized spacial score (nSPS) is 16.0. The predicted molar refractivity (Wildman–Crippen MR) is 77.7 cm³/mol. The lowest BCUT2D eigenvalue weighted by Gasteiger charge is -2.10. The molecule has 1 aromatic carbocycles. The summed E-state index contributed by atoms with van der Waals surface area (Å²) in [6, 6.07) is 9.09. The summed E-state index contributed by atoms with van der Waals surface area (Å²) < 4.78 is 53.7. The Morgan fingerprint density at radius 2 is 1.88 bits per heavy atom. The van der Waals surface area contributed by atoms with Crippen molar-refractivity contribution in [2.24, 2.45) is 0 Å². The molecule has 4 rings (SSSR count). The second-order valence-corrected chi connectivity index (χ2v) is 5.90. The van der Waals surface area contributed by atoms with Gasteiger partial charge in [-0.15, -0.1) is 10.2 Å². The van der Waals surface area contributed by atoms with Gasteiger partial charge in [-0.1, -0.05) is 12.1 Å². The van der Waals surface area contributed by atoms with E-state index in [1.807, 2.05) is 0 Å². The molecule has 0 saturated heterocycles. The Morgan fingerprint density at radius 3 is 2.48 bits per heavy atom. The molecule has 1 saturated carbocycles. The number of hydrogen-bond acceptors (Lipinski definition) is 4. The monoisotopic (exact) mass is 347 g/mol. The standard InChI is InChI=1S/C16H9F4N5/c17-11-7-9(1-2-10(11)15(8-21)5-6-15)12-3-4-13-22-23-14(16(18,19)20)25(13)24-12/h1-4,7H,5-6H2. The number of alkyl halides is 3. The molecule has 0 amide bonds. The predicted octanol–water partition coefficient (Wildman–Crippen LogP) is 3.50. The van der Waals surface area contributed by atoms with Crippen molar-refractivity contribution in [1.82, 2.24) is 19.8 Å². The maximum atomic E-state index is 14.4. The number of halogens is 4. The molecule has 0 aliphatic heterocycles. The highest BCUT2D eigenvalue weighted by Gasteiger charge is 2.46. The van der Waals surface area contributed by atoms with Crippen LogP contribution in [0.2, 0.25) is 0 Å². The van der Waals surface area contributed by atoms with Gasteiger partial charge in [0, 0.05) is 11.1 Å². The van der Waals surface area contributed by atoms with E-state index in [1.54, 1.807) is 6.07 Å². The largest absolute Gasteiger partial charge is 0.453 e. The molecule has 0 spiro atoms. The van der Waals surface area contributed by atoms with E-state index in [1.165, 1.54) is 24.3 Å². The maximum absolute atomic E-state index is 14.4. The van der Waals surface area contributed by atoms with Crippen LogP contribution in [0, 0.1) is 17.1 Å². The van der Waals surface area contributed by atoms with E-state index in [0.29, 0.717) is 28.5 Å². The van der Waals surface area contributed by atoms with Crippen molar-refractivity contribution in [2.75, 3.05) is 0 Å². The van der Waals surface area contributed by atoms with Gasteiger partial charge in [0.1, 0.15) is 5.82 Å². The van der Waals surface area contributed by atoms with Crippen LogP contribution in [0.4, 0.5) is 17.6 Å². The van der Waals surface area contributed by atoms with Crippen molar-refractivity contribution in [3.63, 3.8) is 0 Å². The van der Waals surface area contributed by atoms with Gasteiger partial charge < -0.3 is 0 Å². The first kappa shape index (κ1) is 15.5.